The predicted octanol–water partition coefficient (Wildman–Crippen LogP) is 0.375. The highest BCUT2D eigenvalue weighted by Gasteiger charge is 2.21. The van der Waals surface area contributed by atoms with Crippen molar-refractivity contribution in [2.75, 3.05) is 12.5 Å². The predicted molar refractivity (Wildman–Crippen MR) is 31.1 cm³/mol. The van der Waals surface area contributed by atoms with Crippen LogP contribution in [0.25, 0.3) is 0 Å². The Labute approximate surface area is 53.4 Å². The van der Waals surface area contributed by atoms with Crippen molar-refractivity contribution in [1.82, 2.24) is 0 Å². The SMILES string of the molecule is OC1COC(CCl)C1. The van der Waals surface area contributed by atoms with Crippen molar-refractivity contribution in [1.29, 1.82) is 0 Å². The Balaban J connectivity index is 2.22. The fraction of sp³-hybridized carbons (Fsp3) is 1.00. The molecule has 0 aliphatic carbocycles. The lowest BCUT2D eigenvalue weighted by Gasteiger charge is -1.99. The third kappa shape index (κ3) is 1.34. The van der Waals surface area contributed by atoms with Crippen molar-refractivity contribution in [2.24, 2.45) is 0 Å². The number of ether oxygens (including phenoxy) is 1. The minimum atomic E-state index is -0.279. The van der Waals surface area contributed by atoms with Crippen molar-refractivity contribution in [3.8, 4) is 0 Å². The van der Waals surface area contributed by atoms with Crippen molar-refractivity contribution in [3.63, 3.8) is 0 Å². The Morgan fingerprint density at radius 1 is 1.75 bits per heavy atom. The molecule has 48 valence electrons. The van der Waals surface area contributed by atoms with E-state index in [1.165, 1.54) is 0 Å². The van der Waals surface area contributed by atoms with Gasteiger partial charge in [-0.25, -0.2) is 0 Å². The first-order chi connectivity index (χ1) is 3.83. The lowest BCUT2D eigenvalue weighted by atomic mass is 10.2. The zero-order chi connectivity index (χ0) is 5.98. The summed E-state index contributed by atoms with van der Waals surface area (Å²) in [6, 6.07) is 0. The normalized spacial score (nSPS) is 38.2. The van der Waals surface area contributed by atoms with Gasteiger partial charge in [-0.1, -0.05) is 0 Å². The molecule has 0 bridgehead atoms. The minimum Gasteiger partial charge on any atom is -0.391 e. The number of hydrogen-bond donors (Lipinski definition) is 1. The van der Waals surface area contributed by atoms with Crippen molar-refractivity contribution >= 4 is 11.6 Å². The van der Waals surface area contributed by atoms with Gasteiger partial charge < -0.3 is 9.84 Å². The van der Waals surface area contributed by atoms with E-state index >= 15 is 0 Å². The van der Waals surface area contributed by atoms with Gasteiger partial charge in [-0.15, -0.1) is 11.6 Å². The van der Waals surface area contributed by atoms with Gasteiger partial charge in [-0.2, -0.15) is 0 Å². The molecule has 2 nitrogen and oxygen atoms in total. The molecule has 0 aromatic rings. The third-order valence-electron chi connectivity index (χ3n) is 1.23. The molecule has 2 atom stereocenters. The summed E-state index contributed by atoms with van der Waals surface area (Å²) in [5.74, 6) is 0.497. The highest BCUT2D eigenvalue weighted by Crippen LogP contribution is 2.13. The molecule has 0 aromatic carbocycles. The molecule has 1 aliphatic heterocycles. The Hall–Kier alpha value is 0.210. The lowest BCUT2D eigenvalue weighted by molar-refractivity contribution is 0.0985. The maximum Gasteiger partial charge on any atom is 0.0798 e. The van der Waals surface area contributed by atoms with E-state index < -0.39 is 0 Å². The van der Waals surface area contributed by atoms with Gasteiger partial charge in [0.2, 0.25) is 0 Å². The van der Waals surface area contributed by atoms with E-state index in [9.17, 15) is 0 Å². The summed E-state index contributed by atoms with van der Waals surface area (Å²) < 4.78 is 5.03. The van der Waals surface area contributed by atoms with Crippen molar-refractivity contribution in [2.45, 2.75) is 18.6 Å². The summed E-state index contributed by atoms with van der Waals surface area (Å²) in [6.45, 7) is 0.456. The zero-order valence-corrected chi connectivity index (χ0v) is 5.27. The van der Waals surface area contributed by atoms with Crippen LogP contribution < -0.4 is 0 Å². The lowest BCUT2D eigenvalue weighted by Crippen LogP contribution is -2.07. The van der Waals surface area contributed by atoms with E-state index in [-0.39, 0.29) is 12.2 Å². The first kappa shape index (κ1) is 6.33. The van der Waals surface area contributed by atoms with Crippen LogP contribution in [0.5, 0.6) is 0 Å². The molecule has 1 heterocycles. The highest BCUT2D eigenvalue weighted by atomic mass is 35.5. The van der Waals surface area contributed by atoms with Crippen LogP contribution in [0.2, 0.25) is 0 Å². The van der Waals surface area contributed by atoms with Gasteiger partial charge in [0.05, 0.1) is 18.8 Å². The number of aliphatic hydroxyl groups excluding tert-OH is 1. The third-order valence-corrected chi connectivity index (χ3v) is 1.58. The molecule has 0 radical (unpaired) electrons. The van der Waals surface area contributed by atoms with Crippen LogP contribution in [0, 0.1) is 0 Å². The van der Waals surface area contributed by atoms with Gasteiger partial charge in [-0.3, -0.25) is 0 Å². The van der Waals surface area contributed by atoms with Gasteiger partial charge in [0, 0.05) is 12.3 Å². The molecule has 1 saturated heterocycles. The molecule has 3 heteroatoms. The second kappa shape index (κ2) is 2.67. The maximum atomic E-state index is 8.85. The van der Waals surface area contributed by atoms with E-state index in [0.29, 0.717) is 18.9 Å². The average Bonchev–Trinajstić information content (AvgIpc) is 2.14. The molecular formula is C5H9ClO2. The van der Waals surface area contributed by atoms with Crippen LogP contribution in [0.1, 0.15) is 6.42 Å². The smallest absolute Gasteiger partial charge is 0.0798 e. The molecule has 1 rings (SSSR count). The van der Waals surface area contributed by atoms with Gasteiger partial charge in [0.25, 0.3) is 0 Å². The molecule has 1 N–H and O–H groups in total. The molecule has 2 unspecified atom stereocenters. The Bertz CT molecular complexity index is 76.8. The minimum absolute atomic E-state index is 0.0895. The Morgan fingerprint density at radius 2 is 2.50 bits per heavy atom. The van der Waals surface area contributed by atoms with Crippen LogP contribution in [0.15, 0.2) is 0 Å². The van der Waals surface area contributed by atoms with E-state index in [1.54, 1.807) is 0 Å². The van der Waals surface area contributed by atoms with Gasteiger partial charge >= 0.3 is 0 Å². The van der Waals surface area contributed by atoms with Crippen LogP contribution in [0.3, 0.4) is 0 Å². The number of halogens is 1. The van der Waals surface area contributed by atoms with Crippen molar-refractivity contribution in [3.05, 3.63) is 0 Å². The van der Waals surface area contributed by atoms with E-state index in [2.05, 4.69) is 0 Å². The molecule has 8 heavy (non-hydrogen) atoms. The fourth-order valence-corrected chi connectivity index (χ4v) is 1.01. The zero-order valence-electron chi connectivity index (χ0n) is 4.51. The van der Waals surface area contributed by atoms with E-state index in [0.717, 1.165) is 0 Å². The quantitative estimate of drug-likeness (QED) is 0.528. The largest absolute Gasteiger partial charge is 0.391 e. The number of hydrogen-bond acceptors (Lipinski definition) is 2. The summed E-state index contributed by atoms with van der Waals surface area (Å²) in [5.41, 5.74) is 0. The molecule has 1 fully saturated rings. The molecule has 0 spiro atoms. The van der Waals surface area contributed by atoms with Crippen LogP contribution in [0.4, 0.5) is 0 Å². The fourth-order valence-electron chi connectivity index (χ4n) is 0.794. The summed E-state index contributed by atoms with van der Waals surface area (Å²) in [4.78, 5) is 0. The average molecular weight is 137 g/mol. The first-order valence-corrected chi connectivity index (χ1v) is 3.22. The van der Waals surface area contributed by atoms with E-state index in [1.807, 2.05) is 0 Å². The van der Waals surface area contributed by atoms with E-state index in [4.69, 9.17) is 21.4 Å². The first-order valence-electron chi connectivity index (χ1n) is 2.68. The molecule has 0 amide bonds. The summed E-state index contributed by atoms with van der Waals surface area (Å²) >= 11 is 5.44. The summed E-state index contributed by atoms with van der Waals surface area (Å²) in [5, 5.41) is 8.85. The molecule has 0 aromatic heterocycles. The molecular weight excluding hydrogens is 128 g/mol. The Kier molecular flexibility index (Phi) is 2.11. The standard InChI is InChI=1S/C5H9ClO2/c6-2-5-1-4(7)3-8-5/h4-5,7H,1-3H2. The summed E-state index contributed by atoms with van der Waals surface area (Å²) in [7, 11) is 0. The van der Waals surface area contributed by atoms with Crippen LogP contribution >= 0.6 is 11.6 Å². The van der Waals surface area contributed by atoms with Gasteiger partial charge in [0.1, 0.15) is 0 Å². The van der Waals surface area contributed by atoms with Gasteiger partial charge in [-0.05, 0) is 0 Å². The topological polar surface area (TPSA) is 29.5 Å². The van der Waals surface area contributed by atoms with Gasteiger partial charge in [0.15, 0.2) is 0 Å². The van der Waals surface area contributed by atoms with Crippen LogP contribution in [-0.4, -0.2) is 29.8 Å². The monoisotopic (exact) mass is 136 g/mol. The molecule has 1 aliphatic rings. The number of aliphatic hydroxyl groups is 1. The number of alkyl halides is 1. The highest BCUT2D eigenvalue weighted by molar-refractivity contribution is 6.18. The van der Waals surface area contributed by atoms with Crippen molar-refractivity contribution < 1.29 is 9.84 Å². The summed E-state index contributed by atoms with van der Waals surface area (Å²) in [6.07, 6.45) is 0.508. The second-order valence-corrected chi connectivity index (χ2v) is 2.31. The van der Waals surface area contributed by atoms with Crippen LogP contribution in [-0.2, 0) is 4.74 Å². The Morgan fingerprint density at radius 3 is 2.75 bits per heavy atom. The molecule has 0 saturated carbocycles. The maximum absolute atomic E-state index is 8.85. The second-order valence-electron chi connectivity index (χ2n) is 2.00. The number of rotatable bonds is 1.